The summed E-state index contributed by atoms with van der Waals surface area (Å²) in [6.07, 6.45) is 1.74. The van der Waals surface area contributed by atoms with Crippen molar-refractivity contribution in [3.63, 3.8) is 0 Å². The van der Waals surface area contributed by atoms with Crippen LogP contribution >= 0.6 is 11.3 Å². The summed E-state index contributed by atoms with van der Waals surface area (Å²) in [6, 6.07) is 6.09. The topological polar surface area (TPSA) is 71.2 Å². The molecule has 118 valence electrons. The Labute approximate surface area is 133 Å². The van der Waals surface area contributed by atoms with Gasteiger partial charge in [-0.05, 0) is 24.2 Å². The number of benzene rings is 1. The summed E-state index contributed by atoms with van der Waals surface area (Å²) in [7, 11) is 0. The second kappa shape index (κ2) is 7.86. The van der Waals surface area contributed by atoms with Crippen molar-refractivity contribution >= 4 is 22.4 Å². The van der Waals surface area contributed by atoms with Crippen molar-refractivity contribution in [2.75, 3.05) is 18.8 Å². The average Bonchev–Trinajstić information content (AvgIpc) is 2.91. The number of carbonyl (C=O) groups is 1. The largest absolute Gasteiger partial charge is 0.375 e. The van der Waals surface area contributed by atoms with Gasteiger partial charge in [-0.2, -0.15) is 0 Å². The minimum atomic E-state index is -0.281. The number of aromatic nitrogens is 1. The highest BCUT2D eigenvalue weighted by atomic mass is 32.1. The molecule has 5 nitrogen and oxygen atoms in total. The highest BCUT2D eigenvalue weighted by molar-refractivity contribution is 7.15. The summed E-state index contributed by atoms with van der Waals surface area (Å²) < 4.78 is 12.8. The number of nitrogens with two attached hydrogens (primary N) is 1. The van der Waals surface area contributed by atoms with Crippen LogP contribution < -0.4 is 11.1 Å². The molecule has 2 rings (SSSR count). The van der Waals surface area contributed by atoms with Crippen LogP contribution in [0.1, 0.15) is 17.4 Å². The Kier molecular flexibility index (Phi) is 5.85. The fourth-order valence-electron chi connectivity index (χ4n) is 1.96. The molecule has 22 heavy (non-hydrogen) atoms. The Morgan fingerprint density at radius 2 is 2.14 bits per heavy atom. The molecule has 0 aliphatic heterocycles. The van der Waals surface area contributed by atoms with Crippen molar-refractivity contribution < 1.29 is 9.18 Å². The summed E-state index contributed by atoms with van der Waals surface area (Å²) in [5, 5.41) is 3.37. The SMILES string of the molecule is CCN(CC(=O)NCc1ccc(F)cc1)Cc1cnc(N)s1. The lowest BCUT2D eigenvalue weighted by Gasteiger charge is -2.18. The van der Waals surface area contributed by atoms with E-state index in [1.165, 1.54) is 23.5 Å². The molecule has 0 aliphatic rings. The molecule has 2 aromatic rings. The highest BCUT2D eigenvalue weighted by Gasteiger charge is 2.11. The Balaban J connectivity index is 1.80. The number of hydrogen-bond acceptors (Lipinski definition) is 5. The maximum atomic E-state index is 12.8. The van der Waals surface area contributed by atoms with Gasteiger partial charge in [0.25, 0.3) is 0 Å². The summed E-state index contributed by atoms with van der Waals surface area (Å²) in [4.78, 5) is 19.0. The zero-order chi connectivity index (χ0) is 15.9. The van der Waals surface area contributed by atoms with E-state index in [4.69, 9.17) is 5.73 Å². The molecule has 0 radical (unpaired) electrons. The van der Waals surface area contributed by atoms with Gasteiger partial charge in [0.2, 0.25) is 5.91 Å². The van der Waals surface area contributed by atoms with E-state index in [0.717, 1.165) is 17.0 Å². The van der Waals surface area contributed by atoms with Gasteiger partial charge >= 0.3 is 0 Å². The normalized spacial score (nSPS) is 10.9. The molecule has 1 heterocycles. The Hall–Kier alpha value is -1.99. The van der Waals surface area contributed by atoms with Gasteiger partial charge in [-0.3, -0.25) is 9.69 Å². The quantitative estimate of drug-likeness (QED) is 0.818. The first-order valence-electron chi connectivity index (χ1n) is 7.00. The lowest BCUT2D eigenvalue weighted by Crippen LogP contribution is -2.36. The fraction of sp³-hybridized carbons (Fsp3) is 0.333. The van der Waals surface area contributed by atoms with Gasteiger partial charge in [0, 0.05) is 24.2 Å². The first-order chi connectivity index (χ1) is 10.6. The predicted octanol–water partition coefficient (Wildman–Crippen LogP) is 2.00. The zero-order valence-corrected chi connectivity index (χ0v) is 13.2. The maximum Gasteiger partial charge on any atom is 0.234 e. The fourth-order valence-corrected chi connectivity index (χ4v) is 2.68. The number of nitrogen functional groups attached to an aromatic ring is 1. The van der Waals surface area contributed by atoms with Crippen LogP contribution in [0.4, 0.5) is 9.52 Å². The van der Waals surface area contributed by atoms with Crippen LogP contribution in [-0.2, 0) is 17.9 Å². The third-order valence-corrected chi connectivity index (χ3v) is 3.98. The molecule has 0 fully saturated rings. The monoisotopic (exact) mass is 322 g/mol. The molecule has 1 amide bonds. The van der Waals surface area contributed by atoms with E-state index in [9.17, 15) is 9.18 Å². The molecule has 1 aromatic carbocycles. The third-order valence-electron chi connectivity index (χ3n) is 3.17. The van der Waals surface area contributed by atoms with Crippen molar-refractivity contribution in [1.29, 1.82) is 0 Å². The van der Waals surface area contributed by atoms with E-state index < -0.39 is 0 Å². The van der Waals surface area contributed by atoms with Gasteiger partial charge in [0.1, 0.15) is 5.82 Å². The van der Waals surface area contributed by atoms with Gasteiger partial charge in [-0.15, -0.1) is 11.3 Å². The van der Waals surface area contributed by atoms with E-state index in [2.05, 4.69) is 10.3 Å². The van der Waals surface area contributed by atoms with Gasteiger partial charge in [-0.1, -0.05) is 19.1 Å². The second-order valence-electron chi connectivity index (χ2n) is 4.87. The molecule has 0 spiro atoms. The number of anilines is 1. The first kappa shape index (κ1) is 16.4. The third kappa shape index (κ3) is 5.09. The van der Waals surface area contributed by atoms with Crippen molar-refractivity contribution in [3.8, 4) is 0 Å². The van der Waals surface area contributed by atoms with Crippen LogP contribution in [0.5, 0.6) is 0 Å². The van der Waals surface area contributed by atoms with Crippen molar-refractivity contribution in [1.82, 2.24) is 15.2 Å². The predicted molar refractivity (Wildman–Crippen MR) is 85.7 cm³/mol. The summed E-state index contributed by atoms with van der Waals surface area (Å²) in [6.45, 7) is 4.09. The van der Waals surface area contributed by atoms with E-state index >= 15 is 0 Å². The molecule has 0 bridgehead atoms. The van der Waals surface area contributed by atoms with Crippen molar-refractivity contribution in [2.45, 2.75) is 20.0 Å². The lowest BCUT2D eigenvalue weighted by atomic mass is 10.2. The second-order valence-corrected chi connectivity index (χ2v) is 6.02. The van der Waals surface area contributed by atoms with Crippen LogP contribution in [-0.4, -0.2) is 28.9 Å². The van der Waals surface area contributed by atoms with Crippen molar-refractivity contribution in [3.05, 3.63) is 46.7 Å². The number of halogens is 1. The van der Waals surface area contributed by atoms with Gasteiger partial charge in [-0.25, -0.2) is 9.37 Å². The van der Waals surface area contributed by atoms with Crippen LogP contribution in [0.15, 0.2) is 30.5 Å². The van der Waals surface area contributed by atoms with Crippen molar-refractivity contribution in [2.24, 2.45) is 0 Å². The van der Waals surface area contributed by atoms with Gasteiger partial charge in [0.05, 0.1) is 6.54 Å². The molecule has 7 heteroatoms. The van der Waals surface area contributed by atoms with Gasteiger partial charge in [0.15, 0.2) is 5.13 Å². The van der Waals surface area contributed by atoms with Crippen LogP contribution in [0, 0.1) is 5.82 Å². The Morgan fingerprint density at radius 1 is 1.41 bits per heavy atom. The summed E-state index contributed by atoms with van der Waals surface area (Å²) in [5.41, 5.74) is 6.47. The number of carbonyl (C=O) groups excluding carboxylic acids is 1. The number of hydrogen-bond donors (Lipinski definition) is 2. The van der Waals surface area contributed by atoms with Gasteiger partial charge < -0.3 is 11.1 Å². The van der Waals surface area contributed by atoms with E-state index in [0.29, 0.717) is 24.8 Å². The molecule has 0 unspecified atom stereocenters. The molecule has 3 N–H and O–H groups in total. The van der Waals surface area contributed by atoms with E-state index in [-0.39, 0.29) is 11.7 Å². The minimum absolute atomic E-state index is 0.0661. The molecular formula is C15H19FN4OS. The van der Waals surface area contributed by atoms with Crippen LogP contribution in [0.2, 0.25) is 0 Å². The number of nitrogens with one attached hydrogen (secondary N) is 1. The number of nitrogens with zero attached hydrogens (tertiary/aromatic N) is 2. The minimum Gasteiger partial charge on any atom is -0.375 e. The smallest absolute Gasteiger partial charge is 0.234 e. The lowest BCUT2D eigenvalue weighted by molar-refractivity contribution is -0.122. The Bertz CT molecular complexity index is 614. The van der Waals surface area contributed by atoms with Crippen LogP contribution in [0.25, 0.3) is 0 Å². The molecule has 0 atom stereocenters. The molecule has 0 saturated carbocycles. The number of likely N-dealkylation sites (N-methyl/N-ethyl adjacent to an activating group) is 1. The van der Waals surface area contributed by atoms with Crippen LogP contribution in [0.3, 0.4) is 0 Å². The molecule has 0 aliphatic carbocycles. The molecule has 0 saturated heterocycles. The maximum absolute atomic E-state index is 12.8. The molecular weight excluding hydrogens is 303 g/mol. The molecule has 1 aromatic heterocycles. The average molecular weight is 322 g/mol. The highest BCUT2D eigenvalue weighted by Crippen LogP contribution is 2.16. The van der Waals surface area contributed by atoms with E-state index in [1.807, 2.05) is 11.8 Å². The van der Waals surface area contributed by atoms with E-state index in [1.54, 1.807) is 18.3 Å². The zero-order valence-electron chi connectivity index (χ0n) is 12.4. The first-order valence-corrected chi connectivity index (χ1v) is 7.82. The summed E-state index contributed by atoms with van der Waals surface area (Å²) in [5.74, 6) is -0.347. The Morgan fingerprint density at radius 3 is 2.73 bits per heavy atom. The number of amides is 1. The number of rotatable bonds is 7. The number of thiazole rings is 1. The standard InChI is InChI=1S/C15H19FN4OS/c1-2-20(9-13-8-19-15(17)22-13)10-14(21)18-7-11-3-5-12(16)6-4-11/h3-6,8H,2,7,9-10H2,1H3,(H2,17,19)(H,18,21). The summed E-state index contributed by atoms with van der Waals surface area (Å²) >= 11 is 1.43.